The van der Waals surface area contributed by atoms with Crippen molar-refractivity contribution < 1.29 is 32.1 Å². The van der Waals surface area contributed by atoms with Crippen LogP contribution in [0.2, 0.25) is 0 Å². The smallest absolute Gasteiger partial charge is 0.330 e. The highest BCUT2D eigenvalue weighted by Gasteiger charge is 2.41. The number of rotatable bonds is 8. The molecule has 0 saturated heterocycles. The summed E-state index contributed by atoms with van der Waals surface area (Å²) >= 11 is 3.26. The van der Waals surface area contributed by atoms with Gasteiger partial charge in [-0.05, 0) is 23.8 Å². The first-order valence-corrected chi connectivity index (χ1v) is 6.79. The molecule has 0 aliphatic rings. The molecule has 0 aromatic heterocycles. The zero-order valence-corrected chi connectivity index (χ0v) is 12.7. The Morgan fingerprint density at radius 1 is 1.33 bits per heavy atom. The van der Waals surface area contributed by atoms with Gasteiger partial charge in [-0.25, -0.2) is 8.78 Å². The average Bonchev–Trinajstić information content (AvgIpc) is 2.38. The second-order valence-corrected chi connectivity index (χ2v) is 5.31. The Balaban J connectivity index is 2.51. The van der Waals surface area contributed by atoms with E-state index in [0.717, 1.165) is 4.47 Å². The Bertz CT molecular complexity index is 457. The van der Waals surface area contributed by atoms with Gasteiger partial charge in [-0.15, -0.1) is 0 Å². The zero-order valence-electron chi connectivity index (χ0n) is 11.2. The third-order valence-electron chi connectivity index (χ3n) is 2.62. The number of halogens is 5. The molecule has 0 heterocycles. The Morgan fingerprint density at radius 2 is 2.00 bits per heavy atom. The number of aliphatic hydroxyl groups is 1. The largest absolute Gasteiger partial charge is 0.496 e. The third-order valence-corrected chi connectivity index (χ3v) is 3.12. The van der Waals surface area contributed by atoms with Crippen LogP contribution in [0.4, 0.5) is 17.6 Å². The van der Waals surface area contributed by atoms with Gasteiger partial charge in [0.2, 0.25) is 0 Å². The predicted octanol–water partition coefficient (Wildman–Crippen LogP) is 3.28. The summed E-state index contributed by atoms with van der Waals surface area (Å²) in [4.78, 5) is 0. The van der Waals surface area contributed by atoms with Gasteiger partial charge in [0.25, 0.3) is 0 Å². The Labute approximate surface area is 128 Å². The van der Waals surface area contributed by atoms with Crippen molar-refractivity contribution in [3.8, 4) is 5.75 Å². The quantitative estimate of drug-likeness (QED) is 0.709. The number of methoxy groups -OCH3 is 1. The van der Waals surface area contributed by atoms with Crippen LogP contribution in [0.5, 0.6) is 5.75 Å². The molecule has 120 valence electrons. The maximum absolute atomic E-state index is 12.6. The van der Waals surface area contributed by atoms with Crippen LogP contribution in [0.3, 0.4) is 0 Å². The first-order valence-electron chi connectivity index (χ1n) is 6.00. The first-order chi connectivity index (χ1) is 9.76. The van der Waals surface area contributed by atoms with Crippen molar-refractivity contribution in [2.75, 3.05) is 20.3 Å². The van der Waals surface area contributed by atoms with Gasteiger partial charge in [0, 0.05) is 10.9 Å². The number of ether oxygens (including phenoxy) is 2. The lowest BCUT2D eigenvalue weighted by atomic mass is 10.1. The predicted molar refractivity (Wildman–Crippen MR) is 72.2 cm³/mol. The van der Waals surface area contributed by atoms with Crippen LogP contribution in [0.15, 0.2) is 22.7 Å². The van der Waals surface area contributed by atoms with E-state index in [-0.39, 0.29) is 6.42 Å². The molecule has 1 atom stereocenters. The fourth-order valence-electron chi connectivity index (χ4n) is 1.61. The lowest BCUT2D eigenvalue weighted by molar-refractivity contribution is -0.170. The van der Waals surface area contributed by atoms with Crippen molar-refractivity contribution in [1.29, 1.82) is 0 Å². The Morgan fingerprint density at radius 3 is 2.57 bits per heavy atom. The molecule has 0 spiro atoms. The van der Waals surface area contributed by atoms with Crippen LogP contribution in [0, 0.1) is 0 Å². The fourth-order valence-corrected chi connectivity index (χ4v) is 2.02. The molecule has 0 radical (unpaired) electrons. The number of hydrogen-bond acceptors (Lipinski definition) is 3. The van der Waals surface area contributed by atoms with Crippen molar-refractivity contribution in [2.45, 2.75) is 24.9 Å². The molecular formula is C13H15BrF4O3. The van der Waals surface area contributed by atoms with Crippen molar-refractivity contribution >= 4 is 15.9 Å². The van der Waals surface area contributed by atoms with E-state index in [1.807, 2.05) is 0 Å². The highest BCUT2D eigenvalue weighted by Crippen LogP contribution is 2.25. The zero-order chi connectivity index (χ0) is 16.0. The number of hydrogen-bond donors (Lipinski definition) is 1. The number of benzene rings is 1. The molecule has 0 aliphatic carbocycles. The molecule has 1 aromatic rings. The lowest BCUT2D eigenvalue weighted by Gasteiger charge is -2.18. The Hall–Kier alpha value is -0.860. The molecule has 0 bridgehead atoms. The third kappa shape index (κ3) is 5.80. The van der Waals surface area contributed by atoms with Crippen molar-refractivity contribution in [2.24, 2.45) is 0 Å². The second-order valence-electron chi connectivity index (χ2n) is 4.39. The highest BCUT2D eigenvalue weighted by atomic mass is 79.9. The molecule has 1 unspecified atom stereocenters. The lowest BCUT2D eigenvalue weighted by Crippen LogP contribution is -2.34. The summed E-state index contributed by atoms with van der Waals surface area (Å²) < 4.78 is 59.4. The normalized spacial score (nSPS) is 13.5. The maximum atomic E-state index is 12.6. The number of alkyl halides is 4. The van der Waals surface area contributed by atoms with Crippen LogP contribution < -0.4 is 4.74 Å². The summed E-state index contributed by atoms with van der Waals surface area (Å²) in [7, 11) is 1.46. The summed E-state index contributed by atoms with van der Waals surface area (Å²) in [6.07, 6.45) is -4.82. The monoisotopic (exact) mass is 374 g/mol. The van der Waals surface area contributed by atoms with E-state index in [0.29, 0.717) is 11.3 Å². The standard InChI is InChI=1S/C13H15BrF4O3/c1-20-11-3-2-9(14)4-8(11)5-10(19)6-21-7-13(17,18)12(15)16/h2-4,10,12,19H,5-7H2,1H3. The fraction of sp³-hybridized carbons (Fsp3) is 0.538. The molecule has 3 nitrogen and oxygen atoms in total. The van der Waals surface area contributed by atoms with Crippen LogP contribution in [0.1, 0.15) is 5.56 Å². The van der Waals surface area contributed by atoms with Crippen LogP contribution in [-0.2, 0) is 11.2 Å². The molecule has 1 rings (SSSR count). The molecule has 0 fully saturated rings. The Kier molecular flexibility index (Phi) is 6.89. The van der Waals surface area contributed by atoms with Gasteiger partial charge in [-0.1, -0.05) is 15.9 Å². The molecule has 1 aromatic carbocycles. The average molecular weight is 375 g/mol. The SMILES string of the molecule is COc1ccc(Br)cc1CC(O)COCC(F)(F)C(F)F. The molecule has 0 aliphatic heterocycles. The van der Waals surface area contributed by atoms with Crippen LogP contribution in [0.25, 0.3) is 0 Å². The van der Waals surface area contributed by atoms with E-state index in [9.17, 15) is 22.7 Å². The van der Waals surface area contributed by atoms with Crippen LogP contribution >= 0.6 is 15.9 Å². The summed E-state index contributed by atoms with van der Waals surface area (Å²) in [6, 6.07) is 5.13. The van der Waals surface area contributed by atoms with E-state index in [1.54, 1.807) is 18.2 Å². The van der Waals surface area contributed by atoms with Gasteiger partial charge in [0.15, 0.2) is 0 Å². The van der Waals surface area contributed by atoms with Crippen molar-refractivity contribution in [3.05, 3.63) is 28.2 Å². The minimum Gasteiger partial charge on any atom is -0.496 e. The van der Waals surface area contributed by atoms with E-state index in [2.05, 4.69) is 20.7 Å². The topological polar surface area (TPSA) is 38.7 Å². The van der Waals surface area contributed by atoms with E-state index in [4.69, 9.17) is 4.74 Å². The molecule has 21 heavy (non-hydrogen) atoms. The maximum Gasteiger partial charge on any atom is 0.330 e. The minimum atomic E-state index is -4.22. The van der Waals surface area contributed by atoms with E-state index < -0.39 is 31.7 Å². The highest BCUT2D eigenvalue weighted by molar-refractivity contribution is 9.10. The van der Waals surface area contributed by atoms with Crippen molar-refractivity contribution in [3.63, 3.8) is 0 Å². The summed E-state index contributed by atoms with van der Waals surface area (Å²) in [5.41, 5.74) is 0.642. The van der Waals surface area contributed by atoms with Gasteiger partial charge >= 0.3 is 12.3 Å². The number of aliphatic hydroxyl groups excluding tert-OH is 1. The van der Waals surface area contributed by atoms with Gasteiger partial charge < -0.3 is 14.6 Å². The molecule has 0 amide bonds. The summed E-state index contributed by atoms with van der Waals surface area (Å²) in [6.45, 7) is -1.91. The summed E-state index contributed by atoms with van der Waals surface area (Å²) in [5.74, 6) is -3.69. The van der Waals surface area contributed by atoms with E-state index in [1.165, 1.54) is 7.11 Å². The molecule has 1 N–H and O–H groups in total. The van der Waals surface area contributed by atoms with Gasteiger partial charge in [-0.3, -0.25) is 0 Å². The molecule has 8 heteroatoms. The summed E-state index contributed by atoms with van der Waals surface area (Å²) in [5, 5.41) is 9.72. The van der Waals surface area contributed by atoms with Crippen LogP contribution in [-0.4, -0.2) is 43.9 Å². The molecular weight excluding hydrogens is 360 g/mol. The van der Waals surface area contributed by atoms with E-state index >= 15 is 0 Å². The first kappa shape index (κ1) is 18.2. The second kappa shape index (κ2) is 7.95. The van der Waals surface area contributed by atoms with Gasteiger partial charge in [-0.2, -0.15) is 8.78 Å². The van der Waals surface area contributed by atoms with Crippen molar-refractivity contribution in [1.82, 2.24) is 0 Å². The van der Waals surface area contributed by atoms with Gasteiger partial charge in [0.05, 0.1) is 19.8 Å². The molecule has 0 saturated carbocycles. The van der Waals surface area contributed by atoms with Gasteiger partial charge in [0.1, 0.15) is 12.4 Å². The minimum absolute atomic E-state index is 0.0862.